The van der Waals surface area contributed by atoms with E-state index in [0.717, 1.165) is 10.0 Å². The first-order chi connectivity index (χ1) is 6.86. The predicted octanol–water partition coefficient (Wildman–Crippen LogP) is 3.66. The molecule has 0 fully saturated rings. The molecule has 0 spiro atoms. The fourth-order valence-corrected chi connectivity index (χ4v) is 1.87. The summed E-state index contributed by atoms with van der Waals surface area (Å²) in [5.41, 5.74) is -2.51. The normalized spacial score (nSPS) is 11.5. The van der Waals surface area contributed by atoms with Gasteiger partial charge >= 0.3 is 5.66 Å². The van der Waals surface area contributed by atoms with Crippen molar-refractivity contribution in [1.29, 1.82) is 0 Å². The van der Waals surface area contributed by atoms with Gasteiger partial charge in [0.2, 0.25) is 5.78 Å². The molecular weight excluding hydrogens is 285 g/mol. The molecule has 0 saturated heterocycles. The first kappa shape index (κ1) is 12.7. The molecule has 0 saturated carbocycles. The lowest BCUT2D eigenvalue weighted by Gasteiger charge is -2.10. The fraction of sp³-hybridized carbons (Fsp3) is 0.300. The Hall–Kier alpha value is -0.340. The Morgan fingerprint density at radius 1 is 1.53 bits per heavy atom. The summed E-state index contributed by atoms with van der Waals surface area (Å²) in [4.78, 5) is 11.3. The monoisotopic (exact) mass is 294 g/mol. The maximum atomic E-state index is 12.7. The fourth-order valence-electron chi connectivity index (χ4n) is 1.18. The summed E-state index contributed by atoms with van der Waals surface area (Å²) < 4.78 is 26.3. The Bertz CT molecular complexity index is 387. The van der Waals surface area contributed by atoms with Gasteiger partial charge in [0.15, 0.2) is 0 Å². The number of Topliss-reactive ketones (excluding diaryl/α,β-unsaturated/α-hetero) is 1. The van der Waals surface area contributed by atoms with Gasteiger partial charge in [0.1, 0.15) is 0 Å². The lowest BCUT2D eigenvalue weighted by Crippen LogP contribution is -2.20. The number of carbonyl (C=O) groups excluding carboxylic acids is 1. The summed E-state index contributed by atoms with van der Waals surface area (Å²) >= 11 is 3.29. The van der Waals surface area contributed by atoms with E-state index in [1.165, 1.54) is 21.4 Å². The average molecular weight is 295 g/mol. The van der Waals surface area contributed by atoms with Crippen LogP contribution in [0.15, 0.2) is 22.7 Å². The molecule has 0 aliphatic rings. The minimum atomic E-state index is -3.39. The van der Waals surface area contributed by atoms with Crippen LogP contribution in [-0.2, 0) is 6.42 Å². The topological polar surface area (TPSA) is 17.1 Å². The van der Waals surface area contributed by atoms with Crippen molar-refractivity contribution >= 4 is 31.0 Å². The molecule has 1 unspecified atom stereocenters. The Balaban J connectivity index is 3.12. The van der Waals surface area contributed by atoms with E-state index < -0.39 is 11.4 Å². The van der Waals surface area contributed by atoms with Crippen molar-refractivity contribution in [1.82, 2.24) is 0 Å². The summed E-state index contributed by atoms with van der Waals surface area (Å²) in [6.45, 7) is 1.90. The summed E-state index contributed by atoms with van der Waals surface area (Å²) in [6.07, 6.45) is 0.685. The van der Waals surface area contributed by atoms with E-state index in [1.807, 2.05) is 6.92 Å². The van der Waals surface area contributed by atoms with Gasteiger partial charge in [0.05, 0.1) is 0 Å². The zero-order valence-electron chi connectivity index (χ0n) is 8.06. The molecule has 0 heterocycles. The lowest BCUT2D eigenvalue weighted by molar-refractivity contribution is 0.0562. The van der Waals surface area contributed by atoms with Crippen LogP contribution in [0.2, 0.25) is 0 Å². The number of hydrogen-bond donors (Lipinski definition) is 0. The molecule has 1 aromatic rings. The quantitative estimate of drug-likeness (QED) is 0.614. The van der Waals surface area contributed by atoms with Crippen LogP contribution in [0.3, 0.4) is 0 Å². The van der Waals surface area contributed by atoms with Crippen LogP contribution in [0.1, 0.15) is 22.8 Å². The third-order valence-electron chi connectivity index (χ3n) is 1.99. The van der Waals surface area contributed by atoms with Crippen molar-refractivity contribution in [2.24, 2.45) is 0 Å². The van der Waals surface area contributed by atoms with Crippen molar-refractivity contribution in [3.8, 4) is 0 Å². The first-order valence-electron chi connectivity index (χ1n) is 4.36. The molecule has 5 heteroatoms. The van der Waals surface area contributed by atoms with Crippen molar-refractivity contribution in [2.75, 3.05) is 0 Å². The van der Waals surface area contributed by atoms with Crippen molar-refractivity contribution in [3.05, 3.63) is 33.8 Å². The average Bonchev–Trinajstić information content (AvgIpc) is 2.16. The van der Waals surface area contributed by atoms with E-state index in [-0.39, 0.29) is 5.56 Å². The van der Waals surface area contributed by atoms with Crippen LogP contribution in [0, 0.1) is 0 Å². The molecule has 82 valence electrons. The number of aryl methyl sites for hydroxylation is 1. The van der Waals surface area contributed by atoms with Gasteiger partial charge in [0, 0.05) is 10.0 Å². The van der Waals surface area contributed by atoms with Crippen LogP contribution < -0.4 is 0 Å². The van der Waals surface area contributed by atoms with Crippen LogP contribution in [0.5, 0.6) is 0 Å². The number of alkyl halides is 2. The summed E-state index contributed by atoms with van der Waals surface area (Å²) in [5.74, 6) is -1.17. The largest absolute Gasteiger partial charge is 0.320 e. The molecule has 1 atom stereocenters. The maximum absolute atomic E-state index is 12.7. The van der Waals surface area contributed by atoms with Crippen LogP contribution in [0.4, 0.5) is 8.78 Å². The highest BCUT2D eigenvalue weighted by Gasteiger charge is 2.33. The number of hydrogen-bond acceptors (Lipinski definition) is 1. The van der Waals surface area contributed by atoms with Gasteiger partial charge in [-0.25, -0.2) is 0 Å². The zero-order valence-corrected chi connectivity index (χ0v) is 10.8. The summed E-state index contributed by atoms with van der Waals surface area (Å²) in [7, 11) is 1.25. The van der Waals surface area contributed by atoms with Crippen LogP contribution in [-0.4, -0.2) is 11.4 Å². The minimum absolute atomic E-state index is 0.0371. The van der Waals surface area contributed by atoms with Crippen LogP contribution >= 0.6 is 25.2 Å². The molecule has 0 bridgehead atoms. The van der Waals surface area contributed by atoms with Gasteiger partial charge in [-0.2, -0.15) is 8.78 Å². The Labute approximate surface area is 97.6 Å². The van der Waals surface area contributed by atoms with E-state index in [0.29, 0.717) is 6.42 Å². The molecule has 0 amide bonds. The number of halogens is 3. The van der Waals surface area contributed by atoms with E-state index in [1.54, 1.807) is 6.07 Å². The maximum Gasteiger partial charge on any atom is 0.320 e. The molecule has 15 heavy (non-hydrogen) atoms. The van der Waals surface area contributed by atoms with Crippen molar-refractivity contribution in [2.45, 2.75) is 19.0 Å². The number of rotatable bonds is 3. The number of benzene rings is 1. The van der Waals surface area contributed by atoms with E-state index >= 15 is 0 Å². The Morgan fingerprint density at radius 2 is 2.13 bits per heavy atom. The van der Waals surface area contributed by atoms with Gasteiger partial charge in [-0.15, -0.1) is 0 Å². The SMILES string of the molecule is CCc1cc(C(=O)C(F)(F)P)ccc1Br. The summed E-state index contributed by atoms with van der Waals surface area (Å²) in [5, 5.41) is 0. The van der Waals surface area contributed by atoms with Gasteiger partial charge in [-0.1, -0.05) is 38.2 Å². The molecule has 0 radical (unpaired) electrons. The molecule has 1 nitrogen and oxygen atoms in total. The third kappa shape index (κ3) is 3.05. The van der Waals surface area contributed by atoms with Gasteiger partial charge < -0.3 is 0 Å². The van der Waals surface area contributed by atoms with Crippen LogP contribution in [0.25, 0.3) is 0 Å². The van der Waals surface area contributed by atoms with E-state index in [2.05, 4.69) is 15.9 Å². The van der Waals surface area contributed by atoms with Crippen molar-refractivity contribution in [3.63, 3.8) is 0 Å². The second-order valence-electron chi connectivity index (χ2n) is 3.11. The first-order valence-corrected chi connectivity index (χ1v) is 5.73. The standard InChI is InChI=1S/C10H10BrF2OP/c1-2-6-5-7(3-4-8(6)11)9(14)10(12,13)15/h3-5H,2,15H2,1H3. The lowest BCUT2D eigenvalue weighted by atomic mass is 10.1. The van der Waals surface area contributed by atoms with E-state index in [9.17, 15) is 13.6 Å². The highest BCUT2D eigenvalue weighted by atomic mass is 79.9. The summed E-state index contributed by atoms with van der Waals surface area (Å²) in [6, 6.07) is 4.50. The zero-order chi connectivity index (χ0) is 11.6. The smallest absolute Gasteiger partial charge is 0.287 e. The molecule has 1 rings (SSSR count). The Morgan fingerprint density at radius 3 is 2.60 bits per heavy atom. The predicted molar refractivity (Wildman–Crippen MR) is 62.5 cm³/mol. The minimum Gasteiger partial charge on any atom is -0.287 e. The second-order valence-corrected chi connectivity index (χ2v) is 4.69. The molecule has 0 aliphatic carbocycles. The number of ketones is 1. The third-order valence-corrected chi connectivity index (χ3v) is 3.03. The molecule has 0 N–H and O–H groups in total. The van der Waals surface area contributed by atoms with Gasteiger partial charge in [-0.3, -0.25) is 4.79 Å². The molecule has 0 aromatic heterocycles. The molecule has 1 aromatic carbocycles. The van der Waals surface area contributed by atoms with Gasteiger partial charge in [0.25, 0.3) is 0 Å². The Kier molecular flexibility index (Phi) is 3.96. The molecular formula is C10H10BrF2OP. The number of carbonyl (C=O) groups is 1. The highest BCUT2D eigenvalue weighted by Crippen LogP contribution is 2.28. The molecule has 0 aliphatic heterocycles. The van der Waals surface area contributed by atoms with Gasteiger partial charge in [-0.05, 0) is 24.1 Å². The highest BCUT2D eigenvalue weighted by molar-refractivity contribution is 9.10. The second kappa shape index (κ2) is 4.67. The van der Waals surface area contributed by atoms with E-state index in [4.69, 9.17) is 0 Å². The van der Waals surface area contributed by atoms with Crippen molar-refractivity contribution < 1.29 is 13.6 Å².